The number of nitro groups is 2. The number of aromatic amines is 2. The number of non-ortho nitro benzene ring substituents is 2. The summed E-state index contributed by atoms with van der Waals surface area (Å²) in [6.07, 6.45) is 6.75. The smallest absolute Gasteiger partial charge is 0.271 e. The van der Waals surface area contributed by atoms with Gasteiger partial charge in [0.1, 0.15) is 0 Å². The topological polar surface area (TPSA) is 272 Å². The van der Waals surface area contributed by atoms with Gasteiger partial charge in [0.15, 0.2) is 0 Å². The van der Waals surface area contributed by atoms with Gasteiger partial charge in [-0.15, -0.1) is 0 Å². The van der Waals surface area contributed by atoms with E-state index in [1.807, 2.05) is 12.1 Å². The lowest BCUT2D eigenvalue weighted by atomic mass is 9.95. The minimum absolute atomic E-state index is 0.0907. The molecule has 18 nitrogen and oxygen atoms in total. The number of nitrogen functional groups attached to an aromatic ring is 2. The number of fused-ring (bicyclic) bond motifs is 4. The van der Waals surface area contributed by atoms with Crippen LogP contribution in [0.2, 0.25) is 0 Å². The number of hydrogen-bond acceptors (Lipinski definition) is 10. The molecule has 4 amide bonds. The number of anilines is 2. The molecule has 296 valence electrons. The van der Waals surface area contributed by atoms with Crippen molar-refractivity contribution in [2.45, 2.75) is 0 Å². The van der Waals surface area contributed by atoms with E-state index in [-0.39, 0.29) is 22.5 Å². The number of H-pyrrole nitrogens is 2. The number of nitrogens with two attached hydrogens (primary N) is 2. The van der Waals surface area contributed by atoms with Crippen LogP contribution in [0.1, 0.15) is 22.3 Å². The summed E-state index contributed by atoms with van der Waals surface area (Å²) in [5, 5.41) is 29.9. The highest BCUT2D eigenvalue weighted by molar-refractivity contribution is 6.51. The first-order valence-corrected chi connectivity index (χ1v) is 18.1. The highest BCUT2D eigenvalue weighted by Crippen LogP contribution is 2.41. The van der Waals surface area contributed by atoms with Crippen molar-refractivity contribution in [2.24, 2.45) is 14.1 Å². The maximum absolute atomic E-state index is 12.9. The van der Waals surface area contributed by atoms with Crippen LogP contribution in [0, 0.1) is 20.2 Å². The molecule has 8 aromatic rings. The summed E-state index contributed by atoms with van der Waals surface area (Å²) in [7, 11) is 3.39. The fourth-order valence-electron chi connectivity index (χ4n) is 8.01. The Balaban J connectivity index is 0.000000157. The molecule has 4 aromatic heterocycles. The average Bonchev–Trinajstić information content (AvgIpc) is 4.05. The van der Waals surface area contributed by atoms with Gasteiger partial charge < -0.3 is 30.6 Å². The summed E-state index contributed by atoms with van der Waals surface area (Å²) in [5.41, 5.74) is 18.6. The molecule has 10 rings (SSSR count). The lowest BCUT2D eigenvalue weighted by Gasteiger charge is -2.03. The van der Waals surface area contributed by atoms with Crippen molar-refractivity contribution in [1.29, 1.82) is 0 Å². The van der Waals surface area contributed by atoms with E-state index in [4.69, 9.17) is 11.5 Å². The quantitative estimate of drug-likeness (QED) is 0.0536. The van der Waals surface area contributed by atoms with Crippen LogP contribution in [0.4, 0.5) is 22.7 Å². The van der Waals surface area contributed by atoms with Crippen molar-refractivity contribution in [3.05, 3.63) is 140 Å². The Labute approximate surface area is 336 Å². The first kappa shape index (κ1) is 36.8. The third kappa shape index (κ3) is 5.73. The SMILES string of the molecule is Cn1cc(C2=C(c3cn(C)c4cc([N+](=O)[O-])ccc34)C(=O)NC2=O)c2ccc([N+](=O)[O-])cc21.Nc1ccc2c(C3=C(c4c[nH]c5cc(N)ccc45)C(=O)NC3=O)c[nH]c2c1. The summed E-state index contributed by atoms with van der Waals surface area (Å²) < 4.78 is 3.32. The fraction of sp³-hybridized carbons (Fsp3) is 0.0476. The zero-order chi connectivity index (χ0) is 42.3. The molecular weight excluding hydrogens is 773 g/mol. The summed E-state index contributed by atoms with van der Waals surface area (Å²) in [6.45, 7) is 0. The molecular formula is C42H30N10O8. The number of rotatable bonds is 6. The van der Waals surface area contributed by atoms with E-state index in [0.29, 0.717) is 66.6 Å². The van der Waals surface area contributed by atoms with Gasteiger partial charge in [0.25, 0.3) is 35.0 Å². The fourth-order valence-corrected chi connectivity index (χ4v) is 8.01. The van der Waals surface area contributed by atoms with Crippen molar-refractivity contribution in [3.63, 3.8) is 0 Å². The number of amides is 4. The minimum atomic E-state index is -0.584. The second-order valence-electron chi connectivity index (χ2n) is 14.3. The molecule has 0 fully saturated rings. The standard InChI is InChI=1S/C22H15N5O6.C20H15N5O2/c1-24-9-15(13-5-3-11(26(30)31)7-17(13)24)19-20(22(29)23-21(19)28)16-10-25(2)18-8-12(27(32)33)4-6-14(16)18;21-9-1-3-11-13(7-23-15(11)5-9)17-18(20(27)25-19(17)26)14-8-24-16-6-10(22)2-4-12(14)16/h3-10H,1-2H3,(H,23,28,29);1-8,23-24H,21-22H2,(H,25,26,27). The Morgan fingerprint density at radius 3 is 1.22 bits per heavy atom. The predicted molar refractivity (Wildman–Crippen MR) is 224 cm³/mol. The normalized spacial score (nSPS) is 14.2. The summed E-state index contributed by atoms with van der Waals surface area (Å²) in [4.78, 5) is 78.6. The third-order valence-corrected chi connectivity index (χ3v) is 10.7. The highest BCUT2D eigenvalue weighted by Gasteiger charge is 2.36. The Morgan fingerprint density at radius 2 is 0.850 bits per heavy atom. The van der Waals surface area contributed by atoms with Gasteiger partial charge in [-0.05, 0) is 36.4 Å². The summed E-state index contributed by atoms with van der Waals surface area (Å²) in [5.74, 6) is -2.01. The number of imide groups is 2. The van der Waals surface area contributed by atoms with Crippen molar-refractivity contribution in [2.75, 3.05) is 11.5 Å². The number of benzene rings is 4. The molecule has 0 unspecified atom stereocenters. The number of hydrogen-bond donors (Lipinski definition) is 6. The van der Waals surface area contributed by atoms with E-state index in [0.717, 1.165) is 21.8 Å². The Bertz CT molecular complexity index is 3140. The van der Waals surface area contributed by atoms with Crippen LogP contribution < -0.4 is 22.1 Å². The van der Waals surface area contributed by atoms with Crippen LogP contribution in [0.15, 0.2) is 97.6 Å². The molecule has 0 saturated carbocycles. The molecule has 0 aliphatic carbocycles. The zero-order valence-corrected chi connectivity index (χ0v) is 31.4. The van der Waals surface area contributed by atoms with E-state index < -0.39 is 33.5 Å². The monoisotopic (exact) mass is 802 g/mol. The van der Waals surface area contributed by atoms with Crippen molar-refractivity contribution in [1.82, 2.24) is 29.7 Å². The van der Waals surface area contributed by atoms with Crippen molar-refractivity contribution < 1.29 is 29.0 Å². The molecule has 6 heterocycles. The number of carbonyl (C=O) groups excluding carboxylic acids is 4. The van der Waals surface area contributed by atoms with Gasteiger partial charge in [-0.3, -0.25) is 50.0 Å². The lowest BCUT2D eigenvalue weighted by Crippen LogP contribution is -2.22. The molecule has 18 heteroatoms. The summed E-state index contributed by atoms with van der Waals surface area (Å²) in [6, 6.07) is 19.4. The van der Waals surface area contributed by atoms with Gasteiger partial charge in [-0.1, -0.05) is 12.1 Å². The molecule has 2 aliphatic rings. The van der Waals surface area contributed by atoms with E-state index in [2.05, 4.69) is 20.6 Å². The maximum atomic E-state index is 12.9. The molecule has 0 radical (unpaired) electrons. The van der Waals surface area contributed by atoms with E-state index in [1.54, 1.807) is 84.4 Å². The summed E-state index contributed by atoms with van der Waals surface area (Å²) >= 11 is 0. The lowest BCUT2D eigenvalue weighted by molar-refractivity contribution is -0.384. The Morgan fingerprint density at radius 1 is 0.500 bits per heavy atom. The average molecular weight is 803 g/mol. The number of aryl methyl sites for hydroxylation is 2. The van der Waals surface area contributed by atoms with E-state index >= 15 is 0 Å². The number of nitro benzene ring substituents is 2. The van der Waals surface area contributed by atoms with Crippen LogP contribution >= 0.6 is 0 Å². The Kier molecular flexibility index (Phi) is 8.23. The van der Waals surface area contributed by atoms with Crippen LogP contribution in [-0.2, 0) is 33.3 Å². The first-order valence-electron chi connectivity index (χ1n) is 18.1. The van der Waals surface area contributed by atoms with Crippen LogP contribution in [0.25, 0.3) is 65.9 Å². The number of carbonyl (C=O) groups is 4. The highest BCUT2D eigenvalue weighted by atomic mass is 16.6. The molecule has 8 N–H and O–H groups in total. The van der Waals surface area contributed by atoms with Gasteiger partial charge in [0, 0.05) is 129 Å². The van der Waals surface area contributed by atoms with Crippen LogP contribution in [0.3, 0.4) is 0 Å². The van der Waals surface area contributed by atoms with Crippen molar-refractivity contribution >= 4 is 112 Å². The van der Waals surface area contributed by atoms with E-state index in [1.165, 1.54) is 24.3 Å². The van der Waals surface area contributed by atoms with Gasteiger partial charge in [0.05, 0.1) is 43.2 Å². The van der Waals surface area contributed by atoms with Gasteiger partial charge in [-0.25, -0.2) is 0 Å². The maximum Gasteiger partial charge on any atom is 0.271 e. The predicted octanol–water partition coefficient (Wildman–Crippen LogP) is 5.43. The van der Waals surface area contributed by atoms with Gasteiger partial charge >= 0.3 is 0 Å². The van der Waals surface area contributed by atoms with Crippen LogP contribution in [0.5, 0.6) is 0 Å². The molecule has 0 bridgehead atoms. The van der Waals surface area contributed by atoms with Gasteiger partial charge in [0.2, 0.25) is 0 Å². The number of nitrogens with one attached hydrogen (secondary N) is 4. The van der Waals surface area contributed by atoms with Gasteiger partial charge in [-0.2, -0.15) is 0 Å². The largest absolute Gasteiger partial charge is 0.399 e. The third-order valence-electron chi connectivity index (χ3n) is 10.7. The minimum Gasteiger partial charge on any atom is -0.399 e. The molecule has 60 heavy (non-hydrogen) atoms. The first-order chi connectivity index (χ1) is 28.7. The van der Waals surface area contributed by atoms with E-state index in [9.17, 15) is 39.4 Å². The molecule has 0 atom stereocenters. The molecule has 4 aromatic carbocycles. The zero-order valence-electron chi connectivity index (χ0n) is 31.4. The number of aromatic nitrogens is 4. The van der Waals surface area contributed by atoms with Crippen molar-refractivity contribution in [3.8, 4) is 0 Å². The second-order valence-corrected chi connectivity index (χ2v) is 14.3. The number of nitrogens with zero attached hydrogens (tertiary/aromatic N) is 4. The molecule has 0 spiro atoms. The Hall–Kier alpha value is -8.80. The molecule has 0 saturated heterocycles. The van der Waals surface area contributed by atoms with Crippen LogP contribution in [-0.4, -0.2) is 52.6 Å². The molecule has 2 aliphatic heterocycles. The second kappa shape index (κ2) is 13.4.